The summed E-state index contributed by atoms with van der Waals surface area (Å²) in [7, 11) is 0. The minimum absolute atomic E-state index is 0.502. The molecule has 0 aromatic carbocycles. The Morgan fingerprint density at radius 1 is 1.57 bits per heavy atom. The van der Waals surface area contributed by atoms with Crippen molar-refractivity contribution in [1.29, 1.82) is 0 Å². The normalized spacial score (nSPS) is 12.0. The van der Waals surface area contributed by atoms with Crippen molar-refractivity contribution >= 4 is 0 Å². The highest BCUT2D eigenvalue weighted by molar-refractivity contribution is 4.87. The molecule has 0 unspecified atom stereocenters. The molecule has 1 N–H and O–H groups in total. The molecule has 0 bridgehead atoms. The standard InChI is InChI=1S/C6H12O/c1-3-5-6(7)4-2/h5,7H,3-4H2,1-2H3/b6-5-. The van der Waals surface area contributed by atoms with Crippen LogP contribution in [0.15, 0.2) is 11.8 Å². The molecule has 0 saturated carbocycles. The Morgan fingerprint density at radius 2 is 2.14 bits per heavy atom. The maximum atomic E-state index is 8.72. The Morgan fingerprint density at radius 3 is 2.29 bits per heavy atom. The third-order valence-electron chi connectivity index (χ3n) is 0.802. The van der Waals surface area contributed by atoms with Crippen molar-refractivity contribution < 1.29 is 5.11 Å². The van der Waals surface area contributed by atoms with Gasteiger partial charge in [0, 0.05) is 6.42 Å². The van der Waals surface area contributed by atoms with E-state index in [4.69, 9.17) is 5.11 Å². The number of hydrogen-bond donors (Lipinski definition) is 1. The second kappa shape index (κ2) is 3.72. The third kappa shape index (κ3) is 3.37. The number of allylic oxidation sites excluding steroid dienone is 2. The second-order valence-corrected chi connectivity index (χ2v) is 1.46. The number of aliphatic hydroxyl groups excluding tert-OH is 1. The van der Waals surface area contributed by atoms with Crippen LogP contribution in [0.3, 0.4) is 0 Å². The van der Waals surface area contributed by atoms with E-state index in [1.54, 1.807) is 0 Å². The molecule has 0 fully saturated rings. The van der Waals surface area contributed by atoms with Crippen LogP contribution in [0, 0.1) is 0 Å². The fourth-order valence-electron chi connectivity index (χ4n) is 0.380. The van der Waals surface area contributed by atoms with E-state index in [0.29, 0.717) is 5.76 Å². The van der Waals surface area contributed by atoms with Crippen molar-refractivity contribution in [2.45, 2.75) is 26.7 Å². The molecule has 0 aliphatic rings. The summed E-state index contributed by atoms with van der Waals surface area (Å²) in [6.45, 7) is 3.94. The molecule has 0 spiro atoms. The molecule has 42 valence electrons. The van der Waals surface area contributed by atoms with E-state index in [-0.39, 0.29) is 0 Å². The van der Waals surface area contributed by atoms with Gasteiger partial charge in [-0.3, -0.25) is 0 Å². The summed E-state index contributed by atoms with van der Waals surface area (Å²) < 4.78 is 0. The molecular formula is C6H12O. The lowest BCUT2D eigenvalue weighted by atomic mass is 10.3. The van der Waals surface area contributed by atoms with Crippen LogP contribution < -0.4 is 0 Å². The smallest absolute Gasteiger partial charge is 0.0880 e. The van der Waals surface area contributed by atoms with Gasteiger partial charge in [0.1, 0.15) is 0 Å². The largest absolute Gasteiger partial charge is 0.513 e. The van der Waals surface area contributed by atoms with Crippen molar-refractivity contribution in [1.82, 2.24) is 0 Å². The Bertz CT molecular complexity index is 64.6. The van der Waals surface area contributed by atoms with Gasteiger partial charge >= 0.3 is 0 Å². The Balaban J connectivity index is 3.29. The fourth-order valence-corrected chi connectivity index (χ4v) is 0.380. The Hall–Kier alpha value is -0.460. The van der Waals surface area contributed by atoms with Gasteiger partial charge in [0.25, 0.3) is 0 Å². The molecule has 0 radical (unpaired) electrons. The predicted molar refractivity (Wildman–Crippen MR) is 31.3 cm³/mol. The van der Waals surface area contributed by atoms with E-state index in [0.717, 1.165) is 12.8 Å². The Kier molecular flexibility index (Phi) is 3.48. The summed E-state index contributed by atoms with van der Waals surface area (Å²) >= 11 is 0. The van der Waals surface area contributed by atoms with Crippen LogP contribution in [0.5, 0.6) is 0 Å². The van der Waals surface area contributed by atoms with Crippen LogP contribution in [-0.4, -0.2) is 5.11 Å². The van der Waals surface area contributed by atoms with Crippen molar-refractivity contribution in [3.63, 3.8) is 0 Å². The molecule has 0 heterocycles. The molecule has 0 saturated heterocycles. The molecule has 0 aliphatic heterocycles. The van der Waals surface area contributed by atoms with E-state index in [1.807, 2.05) is 19.9 Å². The number of aliphatic hydroxyl groups is 1. The van der Waals surface area contributed by atoms with E-state index in [9.17, 15) is 0 Å². The zero-order chi connectivity index (χ0) is 5.70. The van der Waals surface area contributed by atoms with Crippen LogP contribution in [0.2, 0.25) is 0 Å². The van der Waals surface area contributed by atoms with Crippen molar-refractivity contribution in [2.75, 3.05) is 0 Å². The molecule has 0 aromatic heterocycles. The first-order valence-corrected chi connectivity index (χ1v) is 2.69. The lowest BCUT2D eigenvalue weighted by Gasteiger charge is -1.87. The highest BCUT2D eigenvalue weighted by atomic mass is 16.3. The first kappa shape index (κ1) is 6.54. The first-order valence-electron chi connectivity index (χ1n) is 2.69. The average molecular weight is 100 g/mol. The molecule has 0 amide bonds. The maximum Gasteiger partial charge on any atom is 0.0880 e. The van der Waals surface area contributed by atoms with Crippen molar-refractivity contribution in [2.24, 2.45) is 0 Å². The second-order valence-electron chi connectivity index (χ2n) is 1.46. The molecule has 0 aromatic rings. The quantitative estimate of drug-likeness (QED) is 0.527. The fraction of sp³-hybridized carbons (Fsp3) is 0.667. The van der Waals surface area contributed by atoms with Gasteiger partial charge in [-0.15, -0.1) is 0 Å². The van der Waals surface area contributed by atoms with E-state index >= 15 is 0 Å². The highest BCUT2D eigenvalue weighted by Gasteiger charge is 1.80. The topological polar surface area (TPSA) is 20.2 Å². The molecule has 7 heavy (non-hydrogen) atoms. The predicted octanol–water partition coefficient (Wildman–Crippen LogP) is 2.25. The zero-order valence-corrected chi connectivity index (χ0v) is 4.94. The first-order chi connectivity index (χ1) is 3.31. The maximum absolute atomic E-state index is 8.72. The van der Waals surface area contributed by atoms with E-state index < -0.39 is 0 Å². The van der Waals surface area contributed by atoms with Crippen molar-refractivity contribution in [3.8, 4) is 0 Å². The SMILES string of the molecule is CC/C=C(\O)CC. The van der Waals surface area contributed by atoms with Crippen LogP contribution in [0.4, 0.5) is 0 Å². The van der Waals surface area contributed by atoms with E-state index in [2.05, 4.69) is 0 Å². The van der Waals surface area contributed by atoms with Crippen LogP contribution in [0.25, 0.3) is 0 Å². The summed E-state index contributed by atoms with van der Waals surface area (Å²) in [5.74, 6) is 0.502. The zero-order valence-electron chi connectivity index (χ0n) is 4.94. The van der Waals surface area contributed by atoms with E-state index in [1.165, 1.54) is 0 Å². The van der Waals surface area contributed by atoms with Crippen LogP contribution in [-0.2, 0) is 0 Å². The summed E-state index contributed by atoms with van der Waals surface area (Å²) in [4.78, 5) is 0. The van der Waals surface area contributed by atoms with Gasteiger partial charge in [-0.05, 0) is 12.5 Å². The lowest BCUT2D eigenvalue weighted by Crippen LogP contribution is -1.73. The van der Waals surface area contributed by atoms with Gasteiger partial charge in [-0.2, -0.15) is 0 Å². The Labute approximate surface area is 44.7 Å². The molecule has 1 nitrogen and oxygen atoms in total. The van der Waals surface area contributed by atoms with Gasteiger partial charge in [-0.1, -0.05) is 13.8 Å². The van der Waals surface area contributed by atoms with Gasteiger partial charge in [-0.25, -0.2) is 0 Å². The molecular weight excluding hydrogens is 88.1 g/mol. The summed E-state index contributed by atoms with van der Waals surface area (Å²) in [6, 6.07) is 0. The number of hydrogen-bond acceptors (Lipinski definition) is 1. The van der Waals surface area contributed by atoms with Gasteiger partial charge in [0.2, 0.25) is 0 Å². The third-order valence-corrected chi connectivity index (χ3v) is 0.802. The molecule has 0 atom stereocenters. The van der Waals surface area contributed by atoms with Gasteiger partial charge in [0.05, 0.1) is 5.76 Å². The summed E-state index contributed by atoms with van der Waals surface area (Å²) in [6.07, 6.45) is 3.51. The van der Waals surface area contributed by atoms with Crippen LogP contribution in [0.1, 0.15) is 26.7 Å². The monoisotopic (exact) mass is 100 g/mol. The van der Waals surface area contributed by atoms with Gasteiger partial charge < -0.3 is 5.11 Å². The van der Waals surface area contributed by atoms with Gasteiger partial charge in [0.15, 0.2) is 0 Å². The lowest BCUT2D eigenvalue weighted by molar-refractivity contribution is 0.392. The minimum atomic E-state index is 0.502. The summed E-state index contributed by atoms with van der Waals surface area (Å²) in [5.41, 5.74) is 0. The molecule has 0 aliphatic carbocycles. The van der Waals surface area contributed by atoms with Crippen LogP contribution >= 0.6 is 0 Å². The molecule has 0 rings (SSSR count). The number of rotatable bonds is 2. The average Bonchev–Trinajstić information content (AvgIpc) is 1.68. The highest BCUT2D eigenvalue weighted by Crippen LogP contribution is 1.94. The minimum Gasteiger partial charge on any atom is -0.513 e. The van der Waals surface area contributed by atoms with Crippen molar-refractivity contribution in [3.05, 3.63) is 11.8 Å². The summed E-state index contributed by atoms with van der Waals surface area (Å²) in [5, 5.41) is 8.72. The molecule has 1 heteroatoms.